The predicted molar refractivity (Wildman–Crippen MR) is 132 cm³/mol. The van der Waals surface area contributed by atoms with E-state index in [1.54, 1.807) is 0 Å². The second-order valence-electron chi connectivity index (χ2n) is 9.14. The minimum atomic E-state index is -0.137. The molecule has 2 aromatic rings. The van der Waals surface area contributed by atoms with E-state index in [1.165, 1.54) is 0 Å². The average Bonchev–Trinajstić information content (AvgIpc) is 2.81. The number of aromatic nitrogens is 1. The Balaban J connectivity index is 1.73. The van der Waals surface area contributed by atoms with Crippen LogP contribution in [0.4, 0.5) is 5.69 Å². The maximum absolute atomic E-state index is 13.3. The standard InChI is InChI=1S/C27H35N3O3/c1-4-30(20-12-14-33-15-13-20)25-11-7-10-22-21(25)9-6-5-8-18(2)23-16-19(3)29-27(32)24(23)17-28-26(22)31/h5-7,10-11,16,18,20H,4,8-9,12-15,17H2,1-3H3,(H,28,31)(H,29,32). The molecule has 0 spiro atoms. The molecule has 2 aliphatic rings. The molecule has 0 radical (unpaired) electrons. The van der Waals surface area contributed by atoms with Crippen LogP contribution < -0.4 is 15.8 Å². The Kier molecular flexibility index (Phi) is 7.33. The smallest absolute Gasteiger partial charge is 0.253 e. The van der Waals surface area contributed by atoms with Crippen LogP contribution in [-0.4, -0.2) is 36.7 Å². The number of nitrogens with zero attached hydrogens (tertiary/aromatic N) is 1. The highest BCUT2D eigenvalue weighted by Crippen LogP contribution is 2.30. The van der Waals surface area contributed by atoms with Crippen molar-refractivity contribution in [1.29, 1.82) is 0 Å². The molecule has 1 atom stereocenters. The topological polar surface area (TPSA) is 74.4 Å². The summed E-state index contributed by atoms with van der Waals surface area (Å²) < 4.78 is 5.58. The van der Waals surface area contributed by atoms with E-state index in [0.29, 0.717) is 23.6 Å². The van der Waals surface area contributed by atoms with Gasteiger partial charge in [-0.3, -0.25) is 9.59 Å². The minimum Gasteiger partial charge on any atom is -0.381 e. The van der Waals surface area contributed by atoms with Crippen molar-refractivity contribution in [2.75, 3.05) is 24.7 Å². The number of benzene rings is 1. The molecular formula is C27H35N3O3. The Hall–Kier alpha value is -2.86. The van der Waals surface area contributed by atoms with Crippen LogP contribution in [0.25, 0.3) is 0 Å². The van der Waals surface area contributed by atoms with E-state index in [-0.39, 0.29) is 23.9 Å². The molecule has 0 bridgehead atoms. The number of allylic oxidation sites excluding steroid dienone is 2. The number of anilines is 1. The summed E-state index contributed by atoms with van der Waals surface area (Å²) in [6.07, 6.45) is 7.90. The number of nitrogens with one attached hydrogen (secondary N) is 2. The molecule has 3 heterocycles. The molecule has 1 aromatic heterocycles. The number of hydrogen-bond donors (Lipinski definition) is 2. The van der Waals surface area contributed by atoms with Crippen molar-refractivity contribution < 1.29 is 9.53 Å². The number of rotatable bonds is 3. The van der Waals surface area contributed by atoms with Crippen molar-refractivity contribution in [3.63, 3.8) is 0 Å². The summed E-state index contributed by atoms with van der Waals surface area (Å²) in [5, 5.41) is 3.04. The number of aryl methyl sites for hydroxylation is 1. The van der Waals surface area contributed by atoms with Crippen molar-refractivity contribution in [2.45, 2.75) is 65.0 Å². The third-order valence-corrected chi connectivity index (χ3v) is 6.92. The lowest BCUT2D eigenvalue weighted by Gasteiger charge is -2.37. The fraction of sp³-hybridized carbons (Fsp3) is 0.481. The van der Waals surface area contributed by atoms with Gasteiger partial charge >= 0.3 is 0 Å². The van der Waals surface area contributed by atoms with Gasteiger partial charge in [-0.2, -0.15) is 0 Å². The molecular weight excluding hydrogens is 414 g/mol. The van der Waals surface area contributed by atoms with Crippen molar-refractivity contribution >= 4 is 11.6 Å². The summed E-state index contributed by atoms with van der Waals surface area (Å²) in [4.78, 5) is 31.4. The maximum atomic E-state index is 13.3. The van der Waals surface area contributed by atoms with Crippen molar-refractivity contribution in [2.24, 2.45) is 0 Å². The molecule has 0 saturated carbocycles. The molecule has 1 amide bonds. The molecule has 6 heteroatoms. The van der Waals surface area contributed by atoms with Gasteiger partial charge in [0.1, 0.15) is 0 Å². The summed E-state index contributed by atoms with van der Waals surface area (Å²) >= 11 is 0. The Morgan fingerprint density at radius 2 is 1.91 bits per heavy atom. The molecule has 33 heavy (non-hydrogen) atoms. The van der Waals surface area contributed by atoms with Crippen LogP contribution in [0.3, 0.4) is 0 Å². The van der Waals surface area contributed by atoms with E-state index in [1.807, 2.05) is 25.1 Å². The zero-order chi connectivity index (χ0) is 23.4. The third kappa shape index (κ3) is 5.06. The molecule has 176 valence electrons. The first kappa shape index (κ1) is 23.3. The normalized spacial score (nSPS) is 19.6. The zero-order valence-electron chi connectivity index (χ0n) is 19.9. The fourth-order valence-corrected chi connectivity index (χ4v) is 5.15. The summed E-state index contributed by atoms with van der Waals surface area (Å²) in [6.45, 7) is 8.87. The second-order valence-corrected chi connectivity index (χ2v) is 9.14. The van der Waals surface area contributed by atoms with Crippen molar-refractivity contribution in [3.05, 3.63) is 74.7 Å². The van der Waals surface area contributed by atoms with Crippen LogP contribution in [0.1, 0.15) is 71.8 Å². The SMILES string of the molecule is CCN(c1cccc2c1CC=CCC(C)c1cc(C)[nH]c(=O)c1CNC2=O)C1CCOCC1. The van der Waals surface area contributed by atoms with Crippen LogP contribution in [-0.2, 0) is 17.7 Å². The van der Waals surface area contributed by atoms with Crippen LogP contribution in [0.5, 0.6) is 0 Å². The number of H-pyrrole nitrogens is 1. The van der Waals surface area contributed by atoms with Gasteiger partial charge in [0.2, 0.25) is 0 Å². The maximum Gasteiger partial charge on any atom is 0.253 e. The average molecular weight is 450 g/mol. The van der Waals surface area contributed by atoms with Gasteiger partial charge in [0.25, 0.3) is 11.5 Å². The molecule has 1 aromatic carbocycles. The van der Waals surface area contributed by atoms with E-state index < -0.39 is 0 Å². The number of fused-ring (bicyclic) bond motifs is 2. The largest absolute Gasteiger partial charge is 0.381 e. The molecule has 6 nitrogen and oxygen atoms in total. The van der Waals surface area contributed by atoms with E-state index >= 15 is 0 Å². The number of ether oxygens (including phenoxy) is 1. The highest BCUT2D eigenvalue weighted by molar-refractivity contribution is 5.97. The lowest BCUT2D eigenvalue weighted by molar-refractivity contribution is 0.0845. The highest BCUT2D eigenvalue weighted by atomic mass is 16.5. The summed E-state index contributed by atoms with van der Waals surface area (Å²) in [5.41, 5.74) is 5.23. The predicted octanol–water partition coefficient (Wildman–Crippen LogP) is 4.22. The quantitative estimate of drug-likeness (QED) is 0.688. The van der Waals surface area contributed by atoms with Crippen LogP contribution in [0, 0.1) is 6.92 Å². The molecule has 1 unspecified atom stereocenters. The summed E-state index contributed by atoms with van der Waals surface area (Å²) in [7, 11) is 0. The van der Waals surface area contributed by atoms with Gasteiger partial charge in [-0.05, 0) is 74.8 Å². The van der Waals surface area contributed by atoms with Crippen LogP contribution >= 0.6 is 0 Å². The van der Waals surface area contributed by atoms with Crippen molar-refractivity contribution in [1.82, 2.24) is 10.3 Å². The molecule has 1 fully saturated rings. The Labute approximate surface area is 196 Å². The number of carbonyl (C=O) groups is 1. The molecule has 0 aliphatic carbocycles. The molecule has 2 aliphatic heterocycles. The number of hydrogen-bond acceptors (Lipinski definition) is 4. The number of aromatic amines is 1. The van der Waals surface area contributed by atoms with Gasteiger partial charge in [-0.25, -0.2) is 0 Å². The van der Waals surface area contributed by atoms with Gasteiger partial charge in [0, 0.05) is 54.9 Å². The minimum absolute atomic E-state index is 0.121. The van der Waals surface area contributed by atoms with Gasteiger partial charge in [-0.15, -0.1) is 0 Å². The van der Waals surface area contributed by atoms with E-state index in [9.17, 15) is 9.59 Å². The van der Waals surface area contributed by atoms with Gasteiger partial charge < -0.3 is 19.9 Å². The van der Waals surface area contributed by atoms with Gasteiger partial charge in [-0.1, -0.05) is 25.1 Å². The zero-order valence-corrected chi connectivity index (χ0v) is 19.9. The number of amides is 1. The Bertz CT molecular complexity index is 1080. The number of carbonyl (C=O) groups excluding carboxylic acids is 1. The Morgan fingerprint density at radius 1 is 1.12 bits per heavy atom. The van der Waals surface area contributed by atoms with E-state index in [0.717, 1.165) is 61.5 Å². The van der Waals surface area contributed by atoms with Gasteiger partial charge in [0.05, 0.1) is 0 Å². The molecule has 1 saturated heterocycles. The summed E-state index contributed by atoms with van der Waals surface area (Å²) in [6, 6.07) is 8.45. The summed E-state index contributed by atoms with van der Waals surface area (Å²) in [5.74, 6) is 0.0557. The van der Waals surface area contributed by atoms with Crippen LogP contribution in [0.15, 0.2) is 41.2 Å². The second kappa shape index (κ2) is 10.4. The number of pyridine rings is 1. The fourth-order valence-electron chi connectivity index (χ4n) is 5.15. The van der Waals surface area contributed by atoms with E-state index in [2.05, 4.69) is 47.3 Å². The molecule has 2 N–H and O–H groups in total. The Morgan fingerprint density at radius 3 is 2.67 bits per heavy atom. The van der Waals surface area contributed by atoms with Gasteiger partial charge in [0.15, 0.2) is 0 Å². The van der Waals surface area contributed by atoms with Crippen molar-refractivity contribution in [3.8, 4) is 0 Å². The lowest BCUT2D eigenvalue weighted by Crippen LogP contribution is -2.40. The first-order valence-corrected chi connectivity index (χ1v) is 12.1. The first-order chi connectivity index (χ1) is 16.0. The molecule has 4 rings (SSSR count). The first-order valence-electron chi connectivity index (χ1n) is 12.1. The van der Waals surface area contributed by atoms with Crippen LogP contribution in [0.2, 0.25) is 0 Å². The third-order valence-electron chi connectivity index (χ3n) is 6.92. The highest BCUT2D eigenvalue weighted by Gasteiger charge is 2.25. The van der Waals surface area contributed by atoms with E-state index in [4.69, 9.17) is 4.74 Å². The lowest BCUT2D eigenvalue weighted by atomic mass is 9.92. The monoisotopic (exact) mass is 449 g/mol.